The van der Waals surface area contributed by atoms with Gasteiger partial charge in [-0.1, -0.05) is 12.1 Å². The van der Waals surface area contributed by atoms with Crippen molar-refractivity contribution in [2.45, 2.75) is 38.6 Å². The van der Waals surface area contributed by atoms with Gasteiger partial charge in [0.05, 0.1) is 6.61 Å². The number of hydrogen-bond acceptors (Lipinski definition) is 3. The van der Waals surface area contributed by atoms with E-state index in [0.29, 0.717) is 19.4 Å². The highest BCUT2D eigenvalue weighted by Crippen LogP contribution is 2.27. The van der Waals surface area contributed by atoms with Crippen molar-refractivity contribution in [3.05, 3.63) is 35.6 Å². The lowest BCUT2D eigenvalue weighted by Gasteiger charge is -2.21. The fourth-order valence-electron chi connectivity index (χ4n) is 2.20. The van der Waals surface area contributed by atoms with E-state index in [2.05, 4.69) is 0 Å². The van der Waals surface area contributed by atoms with Crippen molar-refractivity contribution in [2.24, 2.45) is 0 Å². The van der Waals surface area contributed by atoms with Crippen molar-refractivity contribution < 1.29 is 18.7 Å². The molecule has 0 bridgehead atoms. The van der Waals surface area contributed by atoms with Gasteiger partial charge in [0.1, 0.15) is 12.4 Å². The van der Waals surface area contributed by atoms with Gasteiger partial charge in [0.25, 0.3) is 0 Å². The minimum atomic E-state index is -0.362. The Kier molecular flexibility index (Phi) is 5.31. The molecule has 0 atom stereocenters. The highest BCUT2D eigenvalue weighted by atomic mass is 19.1. The number of carbonyl (C=O) groups is 2. The molecule has 114 valence electrons. The third-order valence-corrected chi connectivity index (χ3v) is 3.45. The minimum Gasteiger partial charge on any atom is -0.465 e. The maximum atomic E-state index is 12.8. The third kappa shape index (κ3) is 4.85. The number of hydrogen-bond donors (Lipinski definition) is 0. The summed E-state index contributed by atoms with van der Waals surface area (Å²) >= 11 is 0. The molecule has 1 aromatic carbocycles. The maximum Gasteiger partial charge on any atom is 0.325 e. The highest BCUT2D eigenvalue weighted by Gasteiger charge is 2.33. The molecule has 4 nitrogen and oxygen atoms in total. The normalized spacial score (nSPS) is 13.8. The number of rotatable bonds is 7. The Morgan fingerprint density at radius 3 is 2.52 bits per heavy atom. The van der Waals surface area contributed by atoms with Gasteiger partial charge in [0.2, 0.25) is 5.91 Å². The average Bonchev–Trinajstić information content (AvgIpc) is 3.29. The standard InChI is InChI=1S/C16H20FNO3/c1-2-21-16(20)11-18(14-8-9-14)15(19)10-5-12-3-6-13(17)7-4-12/h3-4,6-7,14H,2,5,8-11H2,1H3. The predicted molar refractivity (Wildman–Crippen MR) is 76.1 cm³/mol. The second kappa shape index (κ2) is 7.20. The largest absolute Gasteiger partial charge is 0.465 e. The van der Waals surface area contributed by atoms with Crippen LogP contribution in [0.2, 0.25) is 0 Å². The van der Waals surface area contributed by atoms with Crippen molar-refractivity contribution in [2.75, 3.05) is 13.2 Å². The van der Waals surface area contributed by atoms with E-state index in [1.165, 1.54) is 12.1 Å². The average molecular weight is 293 g/mol. The number of amides is 1. The minimum absolute atomic E-state index is 0.0285. The van der Waals surface area contributed by atoms with E-state index in [0.717, 1.165) is 18.4 Å². The summed E-state index contributed by atoms with van der Waals surface area (Å²) in [6, 6.07) is 6.30. The molecule has 5 heteroatoms. The first-order valence-corrected chi connectivity index (χ1v) is 7.29. The molecule has 1 aromatic rings. The lowest BCUT2D eigenvalue weighted by atomic mass is 10.1. The van der Waals surface area contributed by atoms with Crippen molar-refractivity contribution >= 4 is 11.9 Å². The van der Waals surface area contributed by atoms with Crippen LogP contribution in [0.4, 0.5) is 4.39 Å². The summed E-state index contributed by atoms with van der Waals surface area (Å²) in [7, 11) is 0. The lowest BCUT2D eigenvalue weighted by molar-refractivity contribution is -0.149. The third-order valence-electron chi connectivity index (χ3n) is 3.45. The first-order valence-electron chi connectivity index (χ1n) is 7.29. The van der Waals surface area contributed by atoms with Crippen LogP contribution in [-0.2, 0) is 20.7 Å². The maximum absolute atomic E-state index is 12.8. The molecule has 21 heavy (non-hydrogen) atoms. The van der Waals surface area contributed by atoms with E-state index < -0.39 is 0 Å². The summed E-state index contributed by atoms with van der Waals surface area (Å²) in [5.74, 6) is -0.693. The van der Waals surface area contributed by atoms with Gasteiger partial charge in [-0.2, -0.15) is 0 Å². The van der Waals surface area contributed by atoms with Crippen LogP contribution >= 0.6 is 0 Å². The molecule has 1 amide bonds. The summed E-state index contributed by atoms with van der Waals surface area (Å²) in [5.41, 5.74) is 0.914. The molecule has 0 radical (unpaired) electrons. The van der Waals surface area contributed by atoms with Gasteiger partial charge in [-0.15, -0.1) is 0 Å². The Hall–Kier alpha value is -1.91. The van der Waals surface area contributed by atoms with Gasteiger partial charge in [-0.25, -0.2) is 4.39 Å². The van der Waals surface area contributed by atoms with Gasteiger partial charge in [0.15, 0.2) is 0 Å². The SMILES string of the molecule is CCOC(=O)CN(C(=O)CCc1ccc(F)cc1)C1CC1. The molecule has 0 heterocycles. The van der Waals surface area contributed by atoms with Crippen molar-refractivity contribution in [1.29, 1.82) is 0 Å². The van der Waals surface area contributed by atoms with Gasteiger partial charge < -0.3 is 9.64 Å². The van der Waals surface area contributed by atoms with E-state index >= 15 is 0 Å². The Labute approximate surface area is 123 Å². The fourth-order valence-corrected chi connectivity index (χ4v) is 2.20. The Bertz CT molecular complexity index is 497. The molecule has 1 saturated carbocycles. The van der Waals surface area contributed by atoms with Gasteiger partial charge >= 0.3 is 5.97 Å². The number of esters is 1. The number of ether oxygens (including phenoxy) is 1. The molecule has 0 unspecified atom stereocenters. The molecule has 1 aliphatic rings. The van der Waals surface area contributed by atoms with E-state index in [-0.39, 0.29) is 30.3 Å². The molecule has 0 aromatic heterocycles. The van der Waals surface area contributed by atoms with Crippen LogP contribution in [0.1, 0.15) is 31.7 Å². The van der Waals surface area contributed by atoms with Crippen LogP contribution < -0.4 is 0 Å². The molecule has 2 rings (SSSR count). The number of nitrogens with zero attached hydrogens (tertiary/aromatic N) is 1. The Morgan fingerprint density at radius 1 is 1.29 bits per heavy atom. The van der Waals surface area contributed by atoms with E-state index in [1.54, 1.807) is 24.0 Å². The Morgan fingerprint density at radius 2 is 1.95 bits per heavy atom. The summed E-state index contributed by atoms with van der Waals surface area (Å²) < 4.78 is 17.7. The van der Waals surface area contributed by atoms with Crippen LogP contribution in [0.5, 0.6) is 0 Å². The fraction of sp³-hybridized carbons (Fsp3) is 0.500. The van der Waals surface area contributed by atoms with E-state index in [1.807, 2.05) is 0 Å². The zero-order chi connectivity index (χ0) is 15.2. The van der Waals surface area contributed by atoms with Crippen molar-refractivity contribution in [1.82, 2.24) is 4.90 Å². The van der Waals surface area contributed by atoms with Gasteiger partial charge in [0, 0.05) is 12.5 Å². The molecule has 0 N–H and O–H groups in total. The van der Waals surface area contributed by atoms with Crippen LogP contribution in [0, 0.1) is 5.82 Å². The van der Waals surface area contributed by atoms with Crippen LogP contribution in [-0.4, -0.2) is 36.0 Å². The summed E-state index contributed by atoms with van der Waals surface area (Å²) in [6.07, 6.45) is 2.76. The van der Waals surface area contributed by atoms with Gasteiger partial charge in [-0.05, 0) is 43.9 Å². The van der Waals surface area contributed by atoms with Crippen LogP contribution in [0.25, 0.3) is 0 Å². The van der Waals surface area contributed by atoms with E-state index in [9.17, 15) is 14.0 Å². The summed E-state index contributed by atoms with van der Waals surface area (Å²) in [5, 5.41) is 0. The number of benzene rings is 1. The molecule has 1 fully saturated rings. The first-order chi connectivity index (χ1) is 10.1. The topological polar surface area (TPSA) is 46.6 Å². The molecule has 0 saturated heterocycles. The second-order valence-corrected chi connectivity index (χ2v) is 5.18. The first kappa shape index (κ1) is 15.5. The smallest absolute Gasteiger partial charge is 0.325 e. The van der Waals surface area contributed by atoms with E-state index in [4.69, 9.17) is 4.74 Å². The molecular weight excluding hydrogens is 273 g/mol. The molecule has 1 aliphatic carbocycles. The molecular formula is C16H20FNO3. The molecule has 0 spiro atoms. The predicted octanol–water partition coefficient (Wildman–Crippen LogP) is 2.31. The highest BCUT2D eigenvalue weighted by molar-refractivity contribution is 5.82. The second-order valence-electron chi connectivity index (χ2n) is 5.18. The molecule has 0 aliphatic heterocycles. The quantitative estimate of drug-likeness (QED) is 0.725. The van der Waals surface area contributed by atoms with Gasteiger partial charge in [-0.3, -0.25) is 9.59 Å². The van der Waals surface area contributed by atoms with Crippen LogP contribution in [0.15, 0.2) is 24.3 Å². The van der Waals surface area contributed by atoms with Crippen molar-refractivity contribution in [3.8, 4) is 0 Å². The number of aryl methyl sites for hydroxylation is 1. The monoisotopic (exact) mass is 293 g/mol. The lowest BCUT2D eigenvalue weighted by Crippen LogP contribution is -2.38. The van der Waals surface area contributed by atoms with Crippen LogP contribution in [0.3, 0.4) is 0 Å². The summed E-state index contributed by atoms with van der Waals surface area (Å²) in [4.78, 5) is 25.4. The van der Waals surface area contributed by atoms with Crippen molar-refractivity contribution in [3.63, 3.8) is 0 Å². The zero-order valence-electron chi connectivity index (χ0n) is 12.2. The summed E-state index contributed by atoms with van der Waals surface area (Å²) in [6.45, 7) is 2.09. The number of halogens is 1. The zero-order valence-corrected chi connectivity index (χ0v) is 12.2. The number of carbonyl (C=O) groups excluding carboxylic acids is 2. The Balaban J connectivity index is 1.86.